The van der Waals surface area contributed by atoms with Crippen LogP contribution in [-0.2, 0) is 6.42 Å². The normalized spacial score (nSPS) is 12.1. The summed E-state index contributed by atoms with van der Waals surface area (Å²) in [5.41, 5.74) is 2.94. The number of ketones is 1. The third-order valence-electron chi connectivity index (χ3n) is 3.01. The van der Waals surface area contributed by atoms with Crippen molar-refractivity contribution >= 4 is 21.7 Å². The second-order valence-electron chi connectivity index (χ2n) is 4.45. The zero-order valence-electron chi connectivity index (χ0n) is 10.8. The van der Waals surface area contributed by atoms with E-state index in [4.69, 9.17) is 0 Å². The summed E-state index contributed by atoms with van der Waals surface area (Å²) < 4.78 is 0. The number of aryl methyl sites for hydroxylation is 1. The molecule has 1 heterocycles. The molecule has 2 nitrogen and oxygen atoms in total. The molecule has 1 aromatic heterocycles. The van der Waals surface area contributed by atoms with Crippen molar-refractivity contribution in [1.82, 2.24) is 4.98 Å². The van der Waals surface area contributed by atoms with Crippen molar-refractivity contribution < 1.29 is 4.79 Å². The molecule has 19 heavy (non-hydrogen) atoms. The van der Waals surface area contributed by atoms with Crippen molar-refractivity contribution in [2.45, 2.75) is 24.6 Å². The van der Waals surface area contributed by atoms with Gasteiger partial charge in [0.15, 0.2) is 5.78 Å². The van der Waals surface area contributed by atoms with E-state index < -0.39 is 0 Å². The molecule has 0 amide bonds. The van der Waals surface area contributed by atoms with Crippen LogP contribution in [0.4, 0.5) is 0 Å². The first kappa shape index (κ1) is 13.9. The predicted octanol–water partition coefficient (Wildman–Crippen LogP) is 4.35. The molecule has 0 aliphatic rings. The maximum Gasteiger partial charge on any atom is 0.180 e. The lowest BCUT2D eigenvalue weighted by atomic mass is 10.0. The van der Waals surface area contributed by atoms with Gasteiger partial charge in [-0.05, 0) is 29.7 Å². The van der Waals surface area contributed by atoms with Crippen LogP contribution in [0.1, 0.15) is 39.7 Å². The number of aromatic nitrogens is 1. The van der Waals surface area contributed by atoms with E-state index >= 15 is 0 Å². The summed E-state index contributed by atoms with van der Waals surface area (Å²) in [6.07, 6.45) is 5.56. The van der Waals surface area contributed by atoms with Gasteiger partial charge in [-0.2, -0.15) is 0 Å². The molecule has 0 saturated carbocycles. The van der Waals surface area contributed by atoms with Crippen LogP contribution in [0.3, 0.4) is 0 Å². The van der Waals surface area contributed by atoms with Crippen LogP contribution in [0.25, 0.3) is 0 Å². The molecule has 98 valence electrons. The zero-order chi connectivity index (χ0) is 13.7. The second-order valence-corrected chi connectivity index (χ2v) is 5.37. The van der Waals surface area contributed by atoms with E-state index in [9.17, 15) is 4.79 Å². The van der Waals surface area contributed by atoms with Crippen LogP contribution in [0.2, 0.25) is 0 Å². The summed E-state index contributed by atoms with van der Waals surface area (Å²) in [6, 6.07) is 11.6. The number of pyridine rings is 1. The molecule has 0 saturated heterocycles. The average molecular weight is 318 g/mol. The second kappa shape index (κ2) is 6.62. The molecule has 3 heteroatoms. The summed E-state index contributed by atoms with van der Waals surface area (Å²) in [5.74, 6) is 0.0780. The van der Waals surface area contributed by atoms with E-state index in [1.54, 1.807) is 12.4 Å². The molecular weight excluding hydrogens is 302 g/mol. The van der Waals surface area contributed by atoms with E-state index in [0.717, 1.165) is 24.0 Å². The molecule has 0 aliphatic heterocycles. The summed E-state index contributed by atoms with van der Waals surface area (Å²) in [4.78, 5) is 16.0. The topological polar surface area (TPSA) is 30.0 Å². The highest BCUT2D eigenvalue weighted by Gasteiger charge is 2.18. The lowest BCUT2D eigenvalue weighted by Gasteiger charge is -2.09. The highest BCUT2D eigenvalue weighted by atomic mass is 79.9. The summed E-state index contributed by atoms with van der Waals surface area (Å²) in [7, 11) is 0. The van der Waals surface area contributed by atoms with Gasteiger partial charge in [0.05, 0.1) is 0 Å². The number of Topliss-reactive ketones (excluding diaryl/α,β-unsaturated/α-hetero) is 1. The number of halogens is 1. The highest BCUT2D eigenvalue weighted by molar-refractivity contribution is 9.09. The minimum atomic E-state index is -0.312. The third-order valence-corrected chi connectivity index (χ3v) is 3.95. The Morgan fingerprint density at radius 2 is 1.79 bits per heavy atom. The molecular formula is C16H16BrNO. The quantitative estimate of drug-likeness (QED) is 0.606. The fraction of sp³-hybridized carbons (Fsp3) is 0.250. The van der Waals surface area contributed by atoms with Crippen LogP contribution < -0.4 is 0 Å². The molecule has 1 atom stereocenters. The van der Waals surface area contributed by atoms with Gasteiger partial charge in [0.2, 0.25) is 0 Å². The summed E-state index contributed by atoms with van der Waals surface area (Å²) >= 11 is 3.46. The third kappa shape index (κ3) is 3.51. The lowest BCUT2D eigenvalue weighted by molar-refractivity contribution is 0.0991. The zero-order valence-corrected chi connectivity index (χ0v) is 12.4. The van der Waals surface area contributed by atoms with Gasteiger partial charge in [0.25, 0.3) is 0 Å². The van der Waals surface area contributed by atoms with Crippen molar-refractivity contribution in [3.63, 3.8) is 0 Å². The van der Waals surface area contributed by atoms with Crippen LogP contribution in [-0.4, -0.2) is 10.8 Å². The standard InChI is InChI=1S/C16H16BrNO/c1-2-3-12-4-6-14(7-5-12)16(19)15(17)13-8-10-18-11-9-13/h4-11,15H,2-3H2,1H3. The van der Waals surface area contributed by atoms with E-state index in [1.807, 2.05) is 36.4 Å². The number of rotatable bonds is 5. The molecule has 0 bridgehead atoms. The van der Waals surface area contributed by atoms with Crippen LogP contribution in [0, 0.1) is 0 Å². The van der Waals surface area contributed by atoms with E-state index in [0.29, 0.717) is 0 Å². The molecule has 1 unspecified atom stereocenters. The van der Waals surface area contributed by atoms with Crippen LogP contribution in [0.5, 0.6) is 0 Å². The van der Waals surface area contributed by atoms with Crippen molar-refractivity contribution in [3.05, 3.63) is 65.5 Å². The first-order valence-electron chi connectivity index (χ1n) is 6.39. The molecule has 0 N–H and O–H groups in total. The number of alkyl halides is 1. The van der Waals surface area contributed by atoms with Gasteiger partial charge in [-0.15, -0.1) is 0 Å². The molecule has 1 aromatic carbocycles. The summed E-state index contributed by atoms with van der Waals surface area (Å²) in [5, 5.41) is 0. The number of carbonyl (C=O) groups excluding carboxylic acids is 1. The van der Waals surface area contributed by atoms with E-state index in [-0.39, 0.29) is 10.6 Å². The number of hydrogen-bond donors (Lipinski definition) is 0. The number of benzene rings is 1. The monoisotopic (exact) mass is 317 g/mol. The Hall–Kier alpha value is -1.48. The van der Waals surface area contributed by atoms with Gasteiger partial charge in [0, 0.05) is 18.0 Å². The number of nitrogens with zero attached hydrogens (tertiary/aromatic N) is 1. The SMILES string of the molecule is CCCc1ccc(C(=O)C(Br)c2ccncc2)cc1. The van der Waals surface area contributed by atoms with Gasteiger partial charge < -0.3 is 0 Å². The first-order chi connectivity index (χ1) is 9.22. The van der Waals surface area contributed by atoms with Gasteiger partial charge in [-0.25, -0.2) is 0 Å². The van der Waals surface area contributed by atoms with Crippen molar-refractivity contribution in [2.75, 3.05) is 0 Å². The van der Waals surface area contributed by atoms with Crippen molar-refractivity contribution in [3.8, 4) is 0 Å². The molecule has 2 aromatic rings. The Morgan fingerprint density at radius 3 is 2.37 bits per heavy atom. The lowest BCUT2D eigenvalue weighted by Crippen LogP contribution is -2.07. The van der Waals surface area contributed by atoms with Crippen molar-refractivity contribution in [2.24, 2.45) is 0 Å². The Bertz CT molecular complexity index is 536. The van der Waals surface area contributed by atoms with Gasteiger partial charge in [0.1, 0.15) is 4.83 Å². The maximum atomic E-state index is 12.3. The molecule has 0 aliphatic carbocycles. The van der Waals surface area contributed by atoms with Crippen LogP contribution in [0.15, 0.2) is 48.8 Å². The smallest absolute Gasteiger partial charge is 0.180 e. The Morgan fingerprint density at radius 1 is 1.16 bits per heavy atom. The van der Waals surface area contributed by atoms with Crippen LogP contribution >= 0.6 is 15.9 Å². The fourth-order valence-electron chi connectivity index (χ4n) is 1.95. The molecule has 0 radical (unpaired) electrons. The summed E-state index contributed by atoms with van der Waals surface area (Å²) in [6.45, 7) is 2.15. The minimum Gasteiger partial charge on any atom is -0.293 e. The maximum absolute atomic E-state index is 12.3. The van der Waals surface area contributed by atoms with Gasteiger partial charge >= 0.3 is 0 Å². The molecule has 0 spiro atoms. The Kier molecular flexibility index (Phi) is 4.86. The Labute approximate surface area is 122 Å². The first-order valence-corrected chi connectivity index (χ1v) is 7.31. The van der Waals surface area contributed by atoms with Crippen molar-refractivity contribution in [1.29, 1.82) is 0 Å². The molecule has 0 fully saturated rings. The van der Waals surface area contributed by atoms with E-state index in [2.05, 4.69) is 27.8 Å². The van der Waals surface area contributed by atoms with E-state index in [1.165, 1.54) is 5.56 Å². The van der Waals surface area contributed by atoms with Gasteiger partial charge in [-0.1, -0.05) is 53.5 Å². The number of hydrogen-bond acceptors (Lipinski definition) is 2. The molecule has 2 rings (SSSR count). The minimum absolute atomic E-state index is 0.0780. The fourth-order valence-corrected chi connectivity index (χ4v) is 2.52. The average Bonchev–Trinajstić information content (AvgIpc) is 2.48. The highest BCUT2D eigenvalue weighted by Crippen LogP contribution is 2.26. The predicted molar refractivity (Wildman–Crippen MR) is 80.7 cm³/mol. The largest absolute Gasteiger partial charge is 0.293 e. The van der Waals surface area contributed by atoms with Gasteiger partial charge in [-0.3, -0.25) is 9.78 Å². The number of carbonyl (C=O) groups is 1. The Balaban J connectivity index is 2.15.